The quantitative estimate of drug-likeness (QED) is 0.656. The van der Waals surface area contributed by atoms with E-state index in [0.29, 0.717) is 6.42 Å². The minimum Gasteiger partial charge on any atom is -0.469 e. The van der Waals surface area contributed by atoms with Gasteiger partial charge in [-0.15, -0.1) is 0 Å². The molecule has 2 atom stereocenters. The average molecular weight is 230 g/mol. The molecule has 0 bridgehead atoms. The summed E-state index contributed by atoms with van der Waals surface area (Å²) in [5, 5.41) is 0. The topological polar surface area (TPSA) is 44.8 Å². The molecular weight excluding hydrogens is 208 g/mol. The third kappa shape index (κ3) is 5.47. The van der Waals surface area contributed by atoms with Gasteiger partial charge < -0.3 is 14.2 Å². The van der Waals surface area contributed by atoms with Crippen molar-refractivity contribution in [3.05, 3.63) is 0 Å². The smallest absolute Gasteiger partial charge is 0.305 e. The average Bonchev–Trinajstić information content (AvgIpc) is 2.30. The van der Waals surface area contributed by atoms with Gasteiger partial charge in [0.2, 0.25) is 0 Å². The molecule has 4 heteroatoms. The molecule has 0 aromatic heterocycles. The molecule has 1 rings (SSSR count). The molecule has 4 nitrogen and oxygen atoms in total. The summed E-state index contributed by atoms with van der Waals surface area (Å²) in [6.45, 7) is 2.83. The van der Waals surface area contributed by atoms with Gasteiger partial charge in [-0.05, 0) is 39.0 Å². The second-order valence-corrected chi connectivity index (χ2v) is 4.21. The van der Waals surface area contributed by atoms with Crippen LogP contribution in [0.4, 0.5) is 0 Å². The number of hydrogen-bond donors (Lipinski definition) is 0. The lowest BCUT2D eigenvalue weighted by Gasteiger charge is -2.26. The Kier molecular flexibility index (Phi) is 6.42. The summed E-state index contributed by atoms with van der Waals surface area (Å²) in [6, 6.07) is 0. The van der Waals surface area contributed by atoms with Crippen LogP contribution < -0.4 is 0 Å². The van der Waals surface area contributed by atoms with Crippen LogP contribution in [0.5, 0.6) is 0 Å². The number of rotatable bonds is 6. The van der Waals surface area contributed by atoms with Crippen molar-refractivity contribution < 1.29 is 19.0 Å². The molecule has 1 fully saturated rings. The predicted octanol–water partition coefficient (Wildman–Crippen LogP) is 2.26. The third-order valence-corrected chi connectivity index (χ3v) is 2.74. The molecule has 0 saturated carbocycles. The Morgan fingerprint density at radius 1 is 1.50 bits per heavy atom. The maximum atomic E-state index is 10.9. The second kappa shape index (κ2) is 7.63. The fourth-order valence-corrected chi connectivity index (χ4v) is 1.78. The first-order valence-corrected chi connectivity index (χ1v) is 6.06. The minimum absolute atomic E-state index is 0.0399. The van der Waals surface area contributed by atoms with E-state index in [1.807, 2.05) is 6.92 Å². The fourth-order valence-electron chi connectivity index (χ4n) is 1.78. The molecule has 1 aliphatic heterocycles. The van der Waals surface area contributed by atoms with Crippen molar-refractivity contribution in [1.82, 2.24) is 0 Å². The van der Waals surface area contributed by atoms with Crippen LogP contribution in [0, 0.1) is 0 Å². The standard InChI is InChI=1S/C12H22O4/c1-10(6-5-7-11(13)14-2)16-12-8-3-4-9-15-12/h10,12H,3-9H2,1-2H3/t10-,12?/m0/s1. The lowest BCUT2D eigenvalue weighted by molar-refractivity contribution is -0.185. The van der Waals surface area contributed by atoms with Crippen LogP contribution in [0.3, 0.4) is 0 Å². The molecular formula is C12H22O4. The number of methoxy groups -OCH3 is 1. The molecule has 0 aromatic rings. The number of carbonyl (C=O) groups excluding carboxylic acids is 1. The van der Waals surface area contributed by atoms with Crippen molar-refractivity contribution in [2.45, 2.75) is 57.8 Å². The van der Waals surface area contributed by atoms with Crippen molar-refractivity contribution in [2.75, 3.05) is 13.7 Å². The van der Waals surface area contributed by atoms with E-state index in [0.717, 1.165) is 32.3 Å². The normalized spacial score (nSPS) is 22.8. The highest BCUT2D eigenvalue weighted by atomic mass is 16.7. The molecule has 0 N–H and O–H groups in total. The first-order chi connectivity index (χ1) is 7.72. The van der Waals surface area contributed by atoms with Crippen molar-refractivity contribution in [1.29, 1.82) is 0 Å². The monoisotopic (exact) mass is 230 g/mol. The lowest BCUT2D eigenvalue weighted by atomic mass is 10.1. The van der Waals surface area contributed by atoms with Crippen molar-refractivity contribution in [3.8, 4) is 0 Å². The molecule has 0 aliphatic carbocycles. The fraction of sp³-hybridized carbons (Fsp3) is 0.917. The minimum atomic E-state index is -0.152. The molecule has 0 aromatic carbocycles. The van der Waals surface area contributed by atoms with E-state index in [2.05, 4.69) is 4.74 Å². The second-order valence-electron chi connectivity index (χ2n) is 4.21. The molecule has 1 unspecified atom stereocenters. The van der Waals surface area contributed by atoms with E-state index in [-0.39, 0.29) is 18.4 Å². The van der Waals surface area contributed by atoms with Gasteiger partial charge >= 0.3 is 5.97 Å². The predicted molar refractivity (Wildman–Crippen MR) is 60.0 cm³/mol. The van der Waals surface area contributed by atoms with Gasteiger partial charge in [-0.25, -0.2) is 0 Å². The number of hydrogen-bond acceptors (Lipinski definition) is 4. The molecule has 16 heavy (non-hydrogen) atoms. The van der Waals surface area contributed by atoms with Gasteiger partial charge in [0.1, 0.15) is 0 Å². The zero-order valence-electron chi connectivity index (χ0n) is 10.2. The molecule has 1 heterocycles. The molecule has 1 aliphatic rings. The Hall–Kier alpha value is -0.610. The molecule has 0 spiro atoms. The van der Waals surface area contributed by atoms with Gasteiger partial charge in [-0.2, -0.15) is 0 Å². The van der Waals surface area contributed by atoms with Gasteiger partial charge in [0.05, 0.1) is 13.2 Å². The summed E-state index contributed by atoms with van der Waals surface area (Å²) in [4.78, 5) is 10.9. The van der Waals surface area contributed by atoms with Crippen LogP contribution in [-0.2, 0) is 19.0 Å². The van der Waals surface area contributed by atoms with Crippen LogP contribution in [0.2, 0.25) is 0 Å². The summed E-state index contributed by atoms with van der Waals surface area (Å²) in [7, 11) is 1.41. The largest absolute Gasteiger partial charge is 0.469 e. The number of carbonyl (C=O) groups is 1. The Labute approximate surface area is 97.2 Å². The van der Waals surface area contributed by atoms with E-state index < -0.39 is 0 Å². The third-order valence-electron chi connectivity index (χ3n) is 2.74. The van der Waals surface area contributed by atoms with Crippen molar-refractivity contribution in [2.24, 2.45) is 0 Å². The lowest BCUT2D eigenvalue weighted by Crippen LogP contribution is -2.26. The van der Waals surface area contributed by atoms with Gasteiger partial charge in [0.25, 0.3) is 0 Å². The summed E-state index contributed by atoms with van der Waals surface area (Å²) < 4.78 is 15.8. The van der Waals surface area contributed by atoms with Crippen molar-refractivity contribution in [3.63, 3.8) is 0 Å². The zero-order valence-corrected chi connectivity index (χ0v) is 10.2. The molecule has 1 saturated heterocycles. The summed E-state index contributed by atoms with van der Waals surface area (Å²) >= 11 is 0. The van der Waals surface area contributed by atoms with Gasteiger partial charge in [-0.3, -0.25) is 4.79 Å². The van der Waals surface area contributed by atoms with E-state index in [1.54, 1.807) is 0 Å². The van der Waals surface area contributed by atoms with E-state index in [1.165, 1.54) is 13.5 Å². The van der Waals surface area contributed by atoms with Crippen LogP contribution in [0.15, 0.2) is 0 Å². The summed E-state index contributed by atoms with van der Waals surface area (Å²) in [6.07, 6.45) is 5.55. The first-order valence-electron chi connectivity index (χ1n) is 6.06. The Bertz CT molecular complexity index is 199. The summed E-state index contributed by atoms with van der Waals surface area (Å²) in [5.41, 5.74) is 0. The molecule has 94 valence electrons. The maximum absolute atomic E-state index is 10.9. The SMILES string of the molecule is COC(=O)CCC[C@H](C)OC1CCCCO1. The molecule has 0 amide bonds. The van der Waals surface area contributed by atoms with Crippen molar-refractivity contribution >= 4 is 5.97 Å². The van der Waals surface area contributed by atoms with E-state index >= 15 is 0 Å². The Balaban J connectivity index is 2.05. The highest BCUT2D eigenvalue weighted by molar-refractivity contribution is 5.68. The highest BCUT2D eigenvalue weighted by Gasteiger charge is 2.17. The number of ether oxygens (including phenoxy) is 3. The number of esters is 1. The van der Waals surface area contributed by atoms with Gasteiger partial charge in [0, 0.05) is 13.0 Å². The Morgan fingerprint density at radius 3 is 2.94 bits per heavy atom. The van der Waals surface area contributed by atoms with E-state index in [9.17, 15) is 4.79 Å². The van der Waals surface area contributed by atoms with Crippen LogP contribution in [0.1, 0.15) is 45.4 Å². The molecule has 0 radical (unpaired) electrons. The van der Waals surface area contributed by atoms with Gasteiger partial charge in [-0.1, -0.05) is 0 Å². The van der Waals surface area contributed by atoms with Crippen LogP contribution in [0.25, 0.3) is 0 Å². The first kappa shape index (κ1) is 13.5. The van der Waals surface area contributed by atoms with Crippen LogP contribution in [-0.4, -0.2) is 32.1 Å². The highest BCUT2D eigenvalue weighted by Crippen LogP contribution is 2.17. The van der Waals surface area contributed by atoms with E-state index in [4.69, 9.17) is 9.47 Å². The zero-order chi connectivity index (χ0) is 11.8. The maximum Gasteiger partial charge on any atom is 0.305 e. The van der Waals surface area contributed by atoms with Gasteiger partial charge in [0.15, 0.2) is 6.29 Å². The Morgan fingerprint density at radius 2 is 2.31 bits per heavy atom. The van der Waals surface area contributed by atoms with Crippen LogP contribution >= 0.6 is 0 Å². The summed E-state index contributed by atoms with van der Waals surface area (Å²) in [5.74, 6) is -0.152.